The van der Waals surface area contributed by atoms with Crippen LogP contribution in [0.4, 0.5) is 4.79 Å². The summed E-state index contributed by atoms with van der Waals surface area (Å²) in [6.07, 6.45) is 3.99. The molecule has 1 amide bonds. The molecule has 2 fully saturated rings. The molecule has 0 unspecified atom stereocenters. The Kier molecular flexibility index (Phi) is 6.77. The first kappa shape index (κ1) is 24.0. The summed E-state index contributed by atoms with van der Waals surface area (Å²) in [6.45, 7) is 6.38. The minimum atomic E-state index is -0.761. The molecule has 2 aliphatic carbocycles. The molecular formula is C24H33N5O5. The summed E-state index contributed by atoms with van der Waals surface area (Å²) in [5.41, 5.74) is 2.83. The lowest BCUT2D eigenvalue weighted by Gasteiger charge is -2.41. The van der Waals surface area contributed by atoms with Crippen LogP contribution in [0.1, 0.15) is 63.8 Å². The fraction of sp³-hybridized carbons (Fsp3) is 0.625. The SMILES string of the molecule is Cc1nc(-c2nnn(C)c2CNC(=O)OC2CC(C)(C)C2)ccc1O[C@H]1CCC[C@H](C(=O)O)C1. The van der Waals surface area contributed by atoms with Crippen LogP contribution in [0, 0.1) is 18.3 Å². The molecule has 0 spiro atoms. The molecule has 0 aromatic carbocycles. The van der Waals surface area contributed by atoms with Crippen molar-refractivity contribution in [3.63, 3.8) is 0 Å². The molecule has 2 aromatic heterocycles. The number of carbonyl (C=O) groups is 2. The lowest BCUT2D eigenvalue weighted by molar-refractivity contribution is -0.143. The molecule has 2 atom stereocenters. The highest BCUT2D eigenvalue weighted by Gasteiger charge is 2.38. The zero-order valence-corrected chi connectivity index (χ0v) is 20.2. The van der Waals surface area contributed by atoms with Gasteiger partial charge in [-0.2, -0.15) is 0 Å². The number of hydrogen-bond donors (Lipinski definition) is 2. The van der Waals surface area contributed by atoms with Crippen molar-refractivity contribution in [1.29, 1.82) is 0 Å². The second-order valence-corrected chi connectivity index (χ2v) is 10.2. The van der Waals surface area contributed by atoms with Gasteiger partial charge < -0.3 is 19.9 Å². The van der Waals surface area contributed by atoms with Gasteiger partial charge in [-0.1, -0.05) is 19.1 Å². The van der Waals surface area contributed by atoms with Crippen LogP contribution in [0.3, 0.4) is 0 Å². The third-order valence-corrected chi connectivity index (χ3v) is 6.73. The fourth-order valence-corrected chi connectivity index (χ4v) is 4.84. The smallest absolute Gasteiger partial charge is 0.407 e. The number of amides is 1. The van der Waals surface area contributed by atoms with Gasteiger partial charge >= 0.3 is 12.1 Å². The van der Waals surface area contributed by atoms with Crippen molar-refractivity contribution in [2.75, 3.05) is 0 Å². The quantitative estimate of drug-likeness (QED) is 0.626. The van der Waals surface area contributed by atoms with Gasteiger partial charge in [0, 0.05) is 7.05 Å². The largest absolute Gasteiger partial charge is 0.489 e. The molecule has 0 bridgehead atoms. The van der Waals surface area contributed by atoms with Crippen LogP contribution in [0.5, 0.6) is 5.75 Å². The third kappa shape index (κ3) is 5.48. The van der Waals surface area contributed by atoms with Crippen molar-refractivity contribution in [2.24, 2.45) is 18.4 Å². The van der Waals surface area contributed by atoms with Gasteiger partial charge in [0.15, 0.2) is 0 Å². The van der Waals surface area contributed by atoms with Crippen LogP contribution in [0.25, 0.3) is 11.4 Å². The van der Waals surface area contributed by atoms with Crippen molar-refractivity contribution in [2.45, 2.75) is 78.0 Å². The summed E-state index contributed by atoms with van der Waals surface area (Å²) in [7, 11) is 1.76. The monoisotopic (exact) mass is 471 g/mol. The van der Waals surface area contributed by atoms with Gasteiger partial charge in [-0.3, -0.25) is 4.79 Å². The Morgan fingerprint density at radius 2 is 2.00 bits per heavy atom. The summed E-state index contributed by atoms with van der Waals surface area (Å²) in [5.74, 6) is -0.485. The molecule has 0 aliphatic heterocycles. The molecule has 0 radical (unpaired) electrons. The second-order valence-electron chi connectivity index (χ2n) is 10.2. The zero-order valence-electron chi connectivity index (χ0n) is 20.2. The minimum absolute atomic E-state index is 0.0362. The number of aryl methyl sites for hydroxylation is 2. The van der Waals surface area contributed by atoms with E-state index in [1.54, 1.807) is 11.7 Å². The summed E-state index contributed by atoms with van der Waals surface area (Å²) >= 11 is 0. The van der Waals surface area contributed by atoms with Crippen molar-refractivity contribution in [3.05, 3.63) is 23.5 Å². The Hall–Kier alpha value is -3.17. The normalized spacial score (nSPS) is 22.0. The van der Waals surface area contributed by atoms with Crippen LogP contribution in [0.2, 0.25) is 0 Å². The van der Waals surface area contributed by atoms with Crippen LogP contribution in [0.15, 0.2) is 12.1 Å². The number of nitrogens with zero attached hydrogens (tertiary/aromatic N) is 4. The molecule has 2 aromatic rings. The Balaban J connectivity index is 1.39. The molecule has 34 heavy (non-hydrogen) atoms. The fourth-order valence-electron chi connectivity index (χ4n) is 4.84. The molecule has 2 N–H and O–H groups in total. The van der Waals surface area contributed by atoms with Gasteiger partial charge in [-0.05, 0) is 63.0 Å². The molecule has 184 valence electrons. The van der Waals surface area contributed by atoms with Crippen molar-refractivity contribution in [3.8, 4) is 17.1 Å². The van der Waals surface area contributed by atoms with E-state index in [0.29, 0.717) is 41.4 Å². The van der Waals surface area contributed by atoms with Crippen LogP contribution < -0.4 is 10.1 Å². The lowest BCUT2D eigenvalue weighted by atomic mass is 9.70. The van der Waals surface area contributed by atoms with Gasteiger partial charge in [0.1, 0.15) is 17.5 Å². The molecule has 0 saturated heterocycles. The van der Waals surface area contributed by atoms with E-state index in [-0.39, 0.29) is 30.1 Å². The van der Waals surface area contributed by atoms with Crippen molar-refractivity contribution < 1.29 is 24.2 Å². The Labute approximate surface area is 199 Å². The first-order valence-electron chi connectivity index (χ1n) is 11.8. The maximum absolute atomic E-state index is 12.2. The Bertz CT molecular complexity index is 1060. The highest BCUT2D eigenvalue weighted by atomic mass is 16.6. The third-order valence-electron chi connectivity index (χ3n) is 6.73. The number of aromatic nitrogens is 4. The predicted molar refractivity (Wildman–Crippen MR) is 123 cm³/mol. The zero-order chi connectivity index (χ0) is 24.5. The van der Waals surface area contributed by atoms with E-state index in [1.165, 1.54) is 0 Å². The average molecular weight is 472 g/mol. The van der Waals surface area contributed by atoms with Crippen LogP contribution in [-0.4, -0.2) is 49.4 Å². The number of hydrogen-bond acceptors (Lipinski definition) is 7. The van der Waals surface area contributed by atoms with E-state index in [0.717, 1.165) is 25.7 Å². The van der Waals surface area contributed by atoms with E-state index in [2.05, 4.69) is 34.5 Å². The number of carboxylic acids is 1. The number of pyridine rings is 1. The van der Waals surface area contributed by atoms with Crippen molar-refractivity contribution in [1.82, 2.24) is 25.3 Å². The highest BCUT2D eigenvalue weighted by molar-refractivity contribution is 5.70. The number of carbonyl (C=O) groups excluding carboxylic acids is 1. The summed E-state index contributed by atoms with van der Waals surface area (Å²) < 4.78 is 13.2. The first-order valence-corrected chi connectivity index (χ1v) is 11.8. The highest BCUT2D eigenvalue weighted by Crippen LogP contribution is 2.41. The summed E-state index contributed by atoms with van der Waals surface area (Å²) in [5, 5.41) is 20.4. The van der Waals surface area contributed by atoms with E-state index in [9.17, 15) is 14.7 Å². The van der Waals surface area contributed by atoms with Crippen LogP contribution in [-0.2, 0) is 23.1 Å². The maximum Gasteiger partial charge on any atom is 0.407 e. The summed E-state index contributed by atoms with van der Waals surface area (Å²) in [4.78, 5) is 28.2. The number of rotatable bonds is 7. The Morgan fingerprint density at radius 3 is 2.68 bits per heavy atom. The molecule has 10 heteroatoms. The van der Waals surface area contributed by atoms with Gasteiger partial charge in [-0.15, -0.1) is 5.10 Å². The second kappa shape index (κ2) is 9.60. The van der Waals surface area contributed by atoms with Gasteiger partial charge in [0.25, 0.3) is 0 Å². The average Bonchev–Trinajstić information content (AvgIpc) is 3.13. The van der Waals surface area contributed by atoms with Gasteiger partial charge in [0.05, 0.1) is 35.6 Å². The molecular weight excluding hydrogens is 438 g/mol. The maximum atomic E-state index is 12.2. The summed E-state index contributed by atoms with van der Waals surface area (Å²) in [6, 6.07) is 3.64. The molecule has 4 rings (SSSR count). The number of nitrogens with one attached hydrogen (secondary N) is 1. The first-order chi connectivity index (χ1) is 16.1. The topological polar surface area (TPSA) is 128 Å². The number of ether oxygens (including phenoxy) is 2. The predicted octanol–water partition coefficient (Wildman–Crippen LogP) is 3.62. The van der Waals surface area contributed by atoms with Crippen molar-refractivity contribution >= 4 is 12.1 Å². The van der Waals surface area contributed by atoms with Crippen LogP contribution >= 0.6 is 0 Å². The van der Waals surface area contributed by atoms with Gasteiger partial charge in [0.2, 0.25) is 0 Å². The minimum Gasteiger partial charge on any atom is -0.489 e. The molecule has 2 heterocycles. The Morgan fingerprint density at radius 1 is 1.24 bits per heavy atom. The van der Waals surface area contributed by atoms with E-state index in [1.807, 2.05) is 19.1 Å². The standard InChI is InChI=1S/C24H33N5O5/c1-14-20(33-16-7-5-6-15(10-16)22(30)31)9-8-18(26-14)21-19(29(4)28-27-21)13-25-23(32)34-17-11-24(2,3)12-17/h8-9,15-17H,5-7,10-13H2,1-4H3,(H,25,32)(H,30,31)/t15-,16-/m0/s1. The van der Waals surface area contributed by atoms with Gasteiger partial charge in [-0.25, -0.2) is 14.5 Å². The van der Waals surface area contributed by atoms with E-state index < -0.39 is 12.1 Å². The molecule has 10 nitrogen and oxygen atoms in total. The number of alkyl carbamates (subject to hydrolysis) is 1. The lowest BCUT2D eigenvalue weighted by Crippen LogP contribution is -2.41. The van der Waals surface area contributed by atoms with E-state index in [4.69, 9.17) is 9.47 Å². The number of aliphatic carboxylic acids is 1. The van der Waals surface area contributed by atoms with E-state index >= 15 is 0 Å². The molecule has 2 aliphatic rings. The number of carboxylic acid groups (broad SMARTS) is 1. The molecule has 2 saturated carbocycles.